The molecular formula is C22H33N3O3S. The van der Waals surface area contributed by atoms with Crippen molar-refractivity contribution in [2.45, 2.75) is 40.2 Å². The topological polar surface area (TPSA) is 71.4 Å². The molecule has 0 fully saturated rings. The molecule has 2 unspecified atom stereocenters. The Morgan fingerprint density at radius 2 is 2.00 bits per heavy atom. The van der Waals surface area contributed by atoms with E-state index in [9.17, 15) is 13.2 Å². The van der Waals surface area contributed by atoms with Crippen LogP contribution in [0.5, 0.6) is 0 Å². The molecule has 2 atom stereocenters. The lowest BCUT2D eigenvalue weighted by molar-refractivity contribution is -0.124. The zero-order valence-corrected chi connectivity index (χ0v) is 18.7. The van der Waals surface area contributed by atoms with Crippen LogP contribution >= 0.6 is 0 Å². The number of nitrogens with one attached hydrogen (secondary N) is 1. The minimum Gasteiger partial charge on any atom is -0.356 e. The number of fused-ring (bicyclic) bond motifs is 2. The molecule has 1 N–H and O–H groups in total. The average Bonchev–Trinajstić information content (AvgIpc) is 3.11. The summed E-state index contributed by atoms with van der Waals surface area (Å²) in [5, 5.41) is 3.92. The molecule has 29 heavy (non-hydrogen) atoms. The smallest absolute Gasteiger partial charge is 0.238 e. The number of hydrogen-bond acceptors (Lipinski definition) is 4. The van der Waals surface area contributed by atoms with Crippen LogP contribution < -0.4 is 5.32 Å². The molecule has 1 aliphatic heterocycles. The summed E-state index contributed by atoms with van der Waals surface area (Å²) in [7, 11) is -1.32. The van der Waals surface area contributed by atoms with Crippen molar-refractivity contribution in [3.8, 4) is 0 Å². The zero-order chi connectivity index (χ0) is 21.3. The molecule has 1 aromatic carbocycles. The summed E-state index contributed by atoms with van der Waals surface area (Å²) < 4.78 is 26.5. The first-order valence-electron chi connectivity index (χ1n) is 10.4. The fourth-order valence-electron chi connectivity index (χ4n) is 4.36. The lowest BCUT2D eigenvalue weighted by Gasteiger charge is -2.39. The van der Waals surface area contributed by atoms with E-state index >= 15 is 0 Å². The van der Waals surface area contributed by atoms with Crippen LogP contribution in [0.2, 0.25) is 0 Å². The molecule has 0 saturated heterocycles. The van der Waals surface area contributed by atoms with Crippen LogP contribution in [0, 0.1) is 5.92 Å². The van der Waals surface area contributed by atoms with Crippen molar-refractivity contribution >= 4 is 32.4 Å². The van der Waals surface area contributed by atoms with Gasteiger partial charge in [-0.05, 0) is 50.1 Å². The Morgan fingerprint density at radius 1 is 1.28 bits per heavy atom. The molecule has 1 aromatic heterocycles. The highest BCUT2D eigenvalue weighted by Crippen LogP contribution is 2.42. The van der Waals surface area contributed by atoms with Gasteiger partial charge in [0, 0.05) is 32.1 Å². The Balaban J connectivity index is 0.00000104. The van der Waals surface area contributed by atoms with Gasteiger partial charge in [-0.1, -0.05) is 32.1 Å². The van der Waals surface area contributed by atoms with Gasteiger partial charge in [0.2, 0.25) is 15.9 Å². The second-order valence-corrected chi connectivity index (χ2v) is 9.47. The van der Waals surface area contributed by atoms with E-state index in [1.54, 1.807) is 13.1 Å². The molecule has 2 heterocycles. The summed E-state index contributed by atoms with van der Waals surface area (Å²) in [6, 6.07) is 5.97. The van der Waals surface area contributed by atoms with Crippen LogP contribution in [0.1, 0.15) is 40.2 Å². The van der Waals surface area contributed by atoms with E-state index in [0.717, 1.165) is 34.0 Å². The summed E-state index contributed by atoms with van der Waals surface area (Å²) in [6.45, 7) is 8.87. The second-order valence-electron chi connectivity index (χ2n) is 7.33. The van der Waals surface area contributed by atoms with Crippen LogP contribution in [0.4, 0.5) is 0 Å². The van der Waals surface area contributed by atoms with E-state index in [1.165, 1.54) is 3.97 Å². The number of rotatable bonds is 4. The molecule has 6 nitrogen and oxygen atoms in total. The van der Waals surface area contributed by atoms with E-state index in [4.69, 9.17) is 0 Å². The van der Waals surface area contributed by atoms with Crippen LogP contribution in [0.25, 0.3) is 16.5 Å². The lowest BCUT2D eigenvalue weighted by Crippen LogP contribution is -2.46. The van der Waals surface area contributed by atoms with Gasteiger partial charge >= 0.3 is 0 Å². The van der Waals surface area contributed by atoms with Crippen molar-refractivity contribution in [3.05, 3.63) is 41.6 Å². The average molecular weight is 420 g/mol. The maximum Gasteiger partial charge on any atom is 0.238 e. The number of aromatic nitrogens is 1. The first kappa shape index (κ1) is 21.6. The van der Waals surface area contributed by atoms with Gasteiger partial charge < -0.3 is 5.32 Å². The predicted octanol–water partition coefficient (Wildman–Crippen LogP) is 3.12. The quantitative estimate of drug-likeness (QED) is 0.827. The number of benzene rings is 1. The maximum absolute atomic E-state index is 12.6. The fourth-order valence-corrected chi connectivity index (χ4v) is 5.38. The lowest BCUT2D eigenvalue weighted by atomic mass is 9.80. The number of hydrogen-bond donors (Lipinski definition) is 1. The van der Waals surface area contributed by atoms with Gasteiger partial charge in [-0.25, -0.2) is 12.4 Å². The Kier molecular flexibility index (Phi) is 6.19. The van der Waals surface area contributed by atoms with Crippen LogP contribution in [0.3, 0.4) is 0 Å². The van der Waals surface area contributed by atoms with Crippen LogP contribution in [0.15, 0.2) is 30.5 Å². The van der Waals surface area contributed by atoms with Gasteiger partial charge in [-0.3, -0.25) is 9.69 Å². The minimum absolute atomic E-state index is 0. The monoisotopic (exact) mass is 419 g/mol. The third-order valence-electron chi connectivity index (χ3n) is 5.71. The molecule has 2 aliphatic rings. The number of amides is 1. The molecular weight excluding hydrogens is 386 g/mol. The van der Waals surface area contributed by atoms with Crippen molar-refractivity contribution in [2.75, 3.05) is 25.9 Å². The van der Waals surface area contributed by atoms with Crippen LogP contribution in [-0.4, -0.2) is 55.1 Å². The standard InChI is InChI=1S/C20H25N3O3S.C2H6.H2/c1-4-21-20(24)14-9-16-15-7-6-8-17-19(15)13(10-18(16)22(3)11-14)12-23(17)27(25,26)5-2;1-2;/h6-9,12,14,18H,4-5,10-11H2,1-3H3,(H,21,24);1-2H3;1H. The molecule has 1 amide bonds. The van der Waals surface area contributed by atoms with Crippen molar-refractivity contribution in [1.82, 2.24) is 14.2 Å². The highest BCUT2D eigenvalue weighted by Gasteiger charge is 2.36. The molecule has 160 valence electrons. The summed E-state index contributed by atoms with van der Waals surface area (Å²) in [6.07, 6.45) is 4.62. The number of likely N-dealkylation sites (N-methyl/N-ethyl adjacent to an activating group) is 1. The third-order valence-corrected chi connectivity index (χ3v) is 7.34. The fraction of sp³-hybridized carbons (Fsp3) is 0.500. The molecule has 2 aromatic rings. The van der Waals surface area contributed by atoms with Crippen molar-refractivity contribution < 1.29 is 14.6 Å². The zero-order valence-electron chi connectivity index (χ0n) is 17.9. The minimum atomic E-state index is -3.36. The number of carbonyl (C=O) groups is 1. The van der Waals surface area contributed by atoms with Crippen molar-refractivity contribution in [2.24, 2.45) is 5.92 Å². The summed E-state index contributed by atoms with van der Waals surface area (Å²) in [4.78, 5) is 14.6. The first-order chi connectivity index (χ1) is 13.9. The van der Waals surface area contributed by atoms with Gasteiger partial charge in [0.15, 0.2) is 0 Å². The van der Waals surface area contributed by atoms with E-state index in [1.807, 2.05) is 46.0 Å². The molecule has 1 aliphatic carbocycles. The summed E-state index contributed by atoms with van der Waals surface area (Å²) in [5.74, 6) is -0.0926. The summed E-state index contributed by atoms with van der Waals surface area (Å²) in [5.41, 5.74) is 3.96. The Labute approximate surface area is 175 Å². The van der Waals surface area contributed by atoms with Gasteiger partial charge in [0.25, 0.3) is 0 Å². The van der Waals surface area contributed by atoms with Gasteiger partial charge in [0.05, 0.1) is 17.2 Å². The molecule has 0 bridgehead atoms. The molecule has 0 saturated carbocycles. The molecule has 7 heteroatoms. The highest BCUT2D eigenvalue weighted by molar-refractivity contribution is 7.90. The molecule has 4 rings (SSSR count). The van der Waals surface area contributed by atoms with E-state index in [-0.39, 0.29) is 25.0 Å². The first-order valence-corrected chi connectivity index (χ1v) is 12.0. The van der Waals surface area contributed by atoms with Gasteiger partial charge in [0.1, 0.15) is 0 Å². The summed E-state index contributed by atoms with van der Waals surface area (Å²) >= 11 is 0. The molecule has 0 radical (unpaired) electrons. The van der Waals surface area contributed by atoms with Gasteiger partial charge in [-0.15, -0.1) is 0 Å². The van der Waals surface area contributed by atoms with Crippen LogP contribution in [-0.2, 0) is 21.2 Å². The number of nitrogens with zero attached hydrogens (tertiary/aromatic N) is 2. The van der Waals surface area contributed by atoms with Gasteiger partial charge in [-0.2, -0.15) is 0 Å². The molecule has 0 spiro atoms. The Morgan fingerprint density at radius 3 is 2.66 bits per heavy atom. The van der Waals surface area contributed by atoms with E-state index in [2.05, 4.69) is 16.3 Å². The highest BCUT2D eigenvalue weighted by atomic mass is 32.2. The van der Waals surface area contributed by atoms with E-state index in [0.29, 0.717) is 13.1 Å². The largest absolute Gasteiger partial charge is 0.356 e. The SMILES string of the molecule is CC.CCNC(=O)C1C=C2c3cccc4c3c(cn4S(=O)(=O)CC)CC2N(C)C1.[HH]. The van der Waals surface area contributed by atoms with Crippen molar-refractivity contribution in [3.63, 3.8) is 0 Å². The maximum atomic E-state index is 12.6. The number of carbonyl (C=O) groups excluding carboxylic acids is 1. The normalized spacial score (nSPS) is 21.1. The Hall–Kier alpha value is -2.12. The van der Waals surface area contributed by atoms with Crippen molar-refractivity contribution in [1.29, 1.82) is 0 Å². The second kappa shape index (κ2) is 8.32. The predicted molar refractivity (Wildman–Crippen MR) is 121 cm³/mol. The van der Waals surface area contributed by atoms with E-state index < -0.39 is 10.0 Å². The third kappa shape index (κ3) is 3.62. The Bertz CT molecular complexity index is 1060.